The van der Waals surface area contributed by atoms with Crippen molar-refractivity contribution in [1.82, 2.24) is 10.7 Å². The maximum absolute atomic E-state index is 11.8. The summed E-state index contributed by atoms with van der Waals surface area (Å²) in [6.07, 6.45) is 3.61. The zero-order valence-electron chi connectivity index (χ0n) is 15.6. The molecule has 8 heteroatoms. The van der Waals surface area contributed by atoms with Gasteiger partial charge in [-0.1, -0.05) is 31.0 Å². The zero-order chi connectivity index (χ0) is 20.2. The number of benzene rings is 2. The summed E-state index contributed by atoms with van der Waals surface area (Å²) in [5.41, 5.74) is 3.70. The van der Waals surface area contributed by atoms with Crippen LogP contribution < -0.4 is 20.8 Å². The van der Waals surface area contributed by atoms with Crippen molar-refractivity contribution in [3.05, 3.63) is 59.1 Å². The molecule has 0 bridgehead atoms. The Balaban J connectivity index is 1.69. The first-order chi connectivity index (χ1) is 13.6. The lowest BCUT2D eigenvalue weighted by Gasteiger charge is -2.07. The predicted octanol–water partition coefficient (Wildman–Crippen LogP) is 3.79. The van der Waals surface area contributed by atoms with Crippen LogP contribution in [0.1, 0.15) is 25.3 Å². The number of rotatable bonds is 9. The number of hydrogen-bond donors (Lipinski definition) is 3. The summed E-state index contributed by atoms with van der Waals surface area (Å²) in [6.45, 7) is 2.59. The minimum Gasteiger partial charge on any atom is -0.494 e. The van der Waals surface area contributed by atoms with Gasteiger partial charge in [-0.15, -0.1) is 0 Å². The molecule has 2 rings (SSSR count). The molecule has 0 heterocycles. The highest BCUT2D eigenvalue weighted by Gasteiger charge is 2.05. The van der Waals surface area contributed by atoms with Gasteiger partial charge in [-0.3, -0.25) is 4.79 Å². The Bertz CT molecular complexity index is 809. The summed E-state index contributed by atoms with van der Waals surface area (Å²) in [6, 6.07) is 13.6. The molecule has 0 saturated heterocycles. The van der Waals surface area contributed by atoms with Gasteiger partial charge < -0.3 is 15.4 Å². The highest BCUT2D eigenvalue weighted by Crippen LogP contribution is 2.14. The summed E-state index contributed by atoms with van der Waals surface area (Å²) in [5.74, 6) is 0.349. The molecule has 0 radical (unpaired) electrons. The fourth-order valence-electron chi connectivity index (χ4n) is 2.10. The Kier molecular flexibility index (Phi) is 8.81. The number of nitrogens with zero attached hydrogens (tertiary/aromatic N) is 1. The van der Waals surface area contributed by atoms with Crippen LogP contribution in [0, 0.1) is 0 Å². The van der Waals surface area contributed by atoms with Crippen molar-refractivity contribution < 1.29 is 14.3 Å². The Labute approximate surface area is 169 Å². The maximum atomic E-state index is 11.8. The van der Waals surface area contributed by atoms with Crippen molar-refractivity contribution in [2.45, 2.75) is 19.8 Å². The van der Waals surface area contributed by atoms with Gasteiger partial charge in [0.1, 0.15) is 12.3 Å². The Morgan fingerprint density at radius 2 is 1.96 bits per heavy atom. The van der Waals surface area contributed by atoms with E-state index in [-0.39, 0.29) is 6.54 Å². The quantitative estimate of drug-likeness (QED) is 0.338. The molecule has 0 fully saturated rings. The summed E-state index contributed by atoms with van der Waals surface area (Å²) in [7, 11) is 0. The Morgan fingerprint density at radius 3 is 2.68 bits per heavy atom. The summed E-state index contributed by atoms with van der Waals surface area (Å²) in [4.78, 5) is 23.5. The maximum Gasteiger partial charge on any atom is 0.319 e. The SMILES string of the molecule is CCCCOc1ccc(/C=N/NC(=O)CNC(=O)Nc2cccc(Cl)c2)cc1. The van der Waals surface area contributed by atoms with Crippen LogP contribution in [0.2, 0.25) is 5.02 Å². The number of halogens is 1. The number of nitrogens with one attached hydrogen (secondary N) is 3. The van der Waals surface area contributed by atoms with Crippen molar-refractivity contribution in [2.24, 2.45) is 5.10 Å². The molecule has 0 spiro atoms. The molecule has 0 atom stereocenters. The van der Waals surface area contributed by atoms with Crippen LogP contribution in [0.15, 0.2) is 53.6 Å². The first kappa shape index (κ1) is 21.2. The van der Waals surface area contributed by atoms with E-state index in [9.17, 15) is 9.59 Å². The van der Waals surface area contributed by atoms with Crippen LogP contribution in [0.3, 0.4) is 0 Å². The van der Waals surface area contributed by atoms with Gasteiger partial charge in [0, 0.05) is 10.7 Å². The van der Waals surface area contributed by atoms with Gasteiger partial charge in [-0.05, 0) is 54.4 Å². The van der Waals surface area contributed by atoms with E-state index in [1.807, 2.05) is 24.3 Å². The fraction of sp³-hybridized carbons (Fsp3) is 0.250. The highest BCUT2D eigenvalue weighted by molar-refractivity contribution is 6.30. The average Bonchev–Trinajstić information content (AvgIpc) is 2.68. The van der Waals surface area contributed by atoms with Crippen LogP contribution in [-0.2, 0) is 4.79 Å². The van der Waals surface area contributed by atoms with Gasteiger partial charge in [-0.25, -0.2) is 10.2 Å². The minimum atomic E-state index is -0.514. The van der Waals surface area contributed by atoms with Gasteiger partial charge in [0.15, 0.2) is 0 Å². The monoisotopic (exact) mass is 402 g/mol. The fourth-order valence-corrected chi connectivity index (χ4v) is 2.30. The lowest BCUT2D eigenvalue weighted by atomic mass is 10.2. The van der Waals surface area contributed by atoms with Crippen LogP contribution >= 0.6 is 11.6 Å². The number of amides is 3. The van der Waals surface area contributed by atoms with Crippen molar-refractivity contribution >= 4 is 35.4 Å². The predicted molar refractivity (Wildman–Crippen MR) is 111 cm³/mol. The van der Waals surface area contributed by atoms with E-state index in [2.05, 4.69) is 28.1 Å². The van der Waals surface area contributed by atoms with E-state index in [4.69, 9.17) is 16.3 Å². The third kappa shape index (κ3) is 8.09. The molecule has 0 aromatic heterocycles. The third-order valence-corrected chi connectivity index (χ3v) is 3.78. The Morgan fingerprint density at radius 1 is 1.18 bits per heavy atom. The molecule has 3 amide bonds. The molecule has 0 unspecified atom stereocenters. The van der Waals surface area contributed by atoms with Crippen molar-refractivity contribution in [1.29, 1.82) is 0 Å². The molecule has 0 saturated carbocycles. The number of carbonyl (C=O) groups excluding carboxylic acids is 2. The lowest BCUT2D eigenvalue weighted by molar-refractivity contribution is -0.120. The van der Waals surface area contributed by atoms with E-state index in [0.717, 1.165) is 24.2 Å². The smallest absolute Gasteiger partial charge is 0.319 e. The molecule has 28 heavy (non-hydrogen) atoms. The van der Waals surface area contributed by atoms with Crippen LogP contribution in [0.5, 0.6) is 5.75 Å². The van der Waals surface area contributed by atoms with Crippen LogP contribution in [0.25, 0.3) is 0 Å². The van der Waals surface area contributed by atoms with E-state index < -0.39 is 11.9 Å². The van der Waals surface area contributed by atoms with Crippen molar-refractivity contribution in [2.75, 3.05) is 18.5 Å². The van der Waals surface area contributed by atoms with Crippen molar-refractivity contribution in [3.8, 4) is 5.75 Å². The van der Waals surface area contributed by atoms with Gasteiger partial charge in [0.25, 0.3) is 5.91 Å². The highest BCUT2D eigenvalue weighted by atomic mass is 35.5. The lowest BCUT2D eigenvalue weighted by Crippen LogP contribution is -2.37. The second-order valence-corrected chi connectivity index (χ2v) is 6.32. The molecule has 0 aliphatic heterocycles. The molecule has 7 nitrogen and oxygen atoms in total. The van der Waals surface area contributed by atoms with E-state index in [1.165, 1.54) is 6.21 Å². The van der Waals surface area contributed by atoms with Crippen molar-refractivity contribution in [3.63, 3.8) is 0 Å². The normalized spacial score (nSPS) is 10.5. The molecule has 0 aliphatic rings. The minimum absolute atomic E-state index is 0.214. The summed E-state index contributed by atoms with van der Waals surface area (Å²) in [5, 5.41) is 9.38. The summed E-state index contributed by atoms with van der Waals surface area (Å²) >= 11 is 5.84. The first-order valence-electron chi connectivity index (χ1n) is 8.92. The number of hydrazone groups is 1. The summed E-state index contributed by atoms with van der Waals surface area (Å²) < 4.78 is 5.58. The number of anilines is 1. The standard InChI is InChI=1S/C20H23ClN4O3/c1-2-3-11-28-18-9-7-15(8-10-18)13-23-25-19(26)14-22-20(27)24-17-6-4-5-16(21)12-17/h4-10,12-13H,2-3,11,14H2,1H3,(H,25,26)(H2,22,24,27)/b23-13+. The van der Waals surface area contributed by atoms with E-state index >= 15 is 0 Å². The van der Waals surface area contributed by atoms with E-state index in [0.29, 0.717) is 17.3 Å². The largest absolute Gasteiger partial charge is 0.494 e. The van der Waals surface area contributed by atoms with Crippen LogP contribution in [0.4, 0.5) is 10.5 Å². The van der Waals surface area contributed by atoms with Gasteiger partial charge in [0.05, 0.1) is 12.8 Å². The molecule has 0 aliphatic carbocycles. The zero-order valence-corrected chi connectivity index (χ0v) is 16.3. The van der Waals surface area contributed by atoms with Crippen LogP contribution in [-0.4, -0.2) is 31.3 Å². The number of unbranched alkanes of at least 4 members (excludes halogenated alkanes) is 1. The molecular formula is C20H23ClN4O3. The average molecular weight is 403 g/mol. The number of ether oxygens (including phenoxy) is 1. The van der Waals surface area contributed by atoms with Gasteiger partial charge in [0.2, 0.25) is 0 Å². The molecule has 148 valence electrons. The molecule has 2 aromatic rings. The first-order valence-corrected chi connectivity index (χ1v) is 9.30. The number of carbonyl (C=O) groups is 2. The molecular weight excluding hydrogens is 380 g/mol. The third-order valence-electron chi connectivity index (χ3n) is 3.54. The Hall–Kier alpha value is -3.06. The van der Waals surface area contributed by atoms with Gasteiger partial charge >= 0.3 is 6.03 Å². The second kappa shape index (κ2) is 11.6. The number of hydrogen-bond acceptors (Lipinski definition) is 4. The number of urea groups is 1. The second-order valence-electron chi connectivity index (χ2n) is 5.88. The molecule has 2 aromatic carbocycles. The van der Waals surface area contributed by atoms with E-state index in [1.54, 1.807) is 24.3 Å². The topological polar surface area (TPSA) is 91.8 Å². The van der Waals surface area contributed by atoms with Gasteiger partial charge in [-0.2, -0.15) is 5.10 Å². The molecule has 3 N–H and O–H groups in total.